The number of hydrogen-bond acceptors (Lipinski definition) is 3. The molecule has 0 bridgehead atoms. The number of Topliss-reactive ketones (excluding diaryl/α,β-unsaturated/α-hetero) is 2. The van der Waals surface area contributed by atoms with Gasteiger partial charge in [-0.05, 0) is 38.2 Å². The Morgan fingerprint density at radius 3 is 2.24 bits per heavy atom. The van der Waals surface area contributed by atoms with Crippen molar-refractivity contribution in [3.63, 3.8) is 0 Å². The lowest BCUT2D eigenvalue weighted by Crippen LogP contribution is -2.38. The minimum Gasteiger partial charge on any atom is -0.389 e. The topological polar surface area (TPSA) is 54.4 Å². The van der Waals surface area contributed by atoms with Crippen molar-refractivity contribution in [1.29, 1.82) is 0 Å². The Morgan fingerprint density at radius 1 is 1.19 bits per heavy atom. The van der Waals surface area contributed by atoms with Gasteiger partial charge >= 0.3 is 0 Å². The molecule has 0 unspecified atom stereocenters. The lowest BCUT2D eigenvalue weighted by atomic mass is 9.80. The van der Waals surface area contributed by atoms with E-state index in [1.54, 1.807) is 0 Å². The highest BCUT2D eigenvalue weighted by Gasteiger charge is 2.33. The van der Waals surface area contributed by atoms with Crippen LogP contribution in [0.15, 0.2) is 24.3 Å². The monoisotopic (exact) mass is 290 g/mol. The fourth-order valence-corrected chi connectivity index (χ4v) is 2.38. The SMILES string of the molecule is CC(=O)CC(=O)C[C@@](O)(CCc1ccc(C)cc1)C(C)C. The Bertz CT molecular complexity index is 488. The maximum Gasteiger partial charge on any atom is 0.143 e. The molecule has 3 heteroatoms. The second-order valence-electron chi connectivity index (χ2n) is 6.34. The molecule has 0 aliphatic heterocycles. The molecule has 0 saturated heterocycles. The highest BCUT2D eigenvalue weighted by Crippen LogP contribution is 2.28. The molecule has 0 saturated carbocycles. The summed E-state index contributed by atoms with van der Waals surface area (Å²) in [5, 5.41) is 10.8. The van der Waals surface area contributed by atoms with Gasteiger partial charge in [0.05, 0.1) is 12.0 Å². The molecule has 0 aromatic heterocycles. The van der Waals surface area contributed by atoms with Gasteiger partial charge in [-0.1, -0.05) is 43.7 Å². The highest BCUT2D eigenvalue weighted by molar-refractivity contribution is 5.98. The molecule has 1 aromatic carbocycles. The second-order valence-corrected chi connectivity index (χ2v) is 6.34. The summed E-state index contributed by atoms with van der Waals surface area (Å²) in [6.07, 6.45) is 1.22. The van der Waals surface area contributed by atoms with Crippen molar-refractivity contribution in [3.05, 3.63) is 35.4 Å². The molecule has 0 heterocycles. The molecule has 1 atom stereocenters. The Morgan fingerprint density at radius 2 is 1.76 bits per heavy atom. The first-order valence-corrected chi connectivity index (χ1v) is 7.52. The molecule has 0 fully saturated rings. The second kappa shape index (κ2) is 7.51. The summed E-state index contributed by atoms with van der Waals surface area (Å²) in [4.78, 5) is 22.9. The molecular weight excluding hydrogens is 264 g/mol. The molecule has 1 N–H and O–H groups in total. The van der Waals surface area contributed by atoms with Crippen molar-refractivity contribution in [2.24, 2.45) is 5.92 Å². The van der Waals surface area contributed by atoms with E-state index in [-0.39, 0.29) is 30.3 Å². The number of benzene rings is 1. The van der Waals surface area contributed by atoms with Crippen molar-refractivity contribution in [2.75, 3.05) is 0 Å². The predicted octanol–water partition coefficient (Wildman–Crippen LogP) is 3.25. The van der Waals surface area contributed by atoms with E-state index in [1.165, 1.54) is 12.5 Å². The van der Waals surface area contributed by atoms with E-state index < -0.39 is 5.60 Å². The van der Waals surface area contributed by atoms with Gasteiger partial charge in [-0.25, -0.2) is 0 Å². The minimum atomic E-state index is -1.04. The molecule has 0 spiro atoms. The zero-order valence-corrected chi connectivity index (χ0v) is 13.5. The molecule has 0 amide bonds. The third-order valence-electron chi connectivity index (χ3n) is 3.99. The largest absolute Gasteiger partial charge is 0.389 e. The number of carbonyl (C=O) groups is 2. The lowest BCUT2D eigenvalue weighted by Gasteiger charge is -2.32. The molecule has 1 rings (SSSR count). The van der Waals surface area contributed by atoms with Crippen molar-refractivity contribution >= 4 is 11.6 Å². The molecule has 0 radical (unpaired) electrons. The summed E-state index contributed by atoms with van der Waals surface area (Å²) in [5.74, 6) is -0.355. The lowest BCUT2D eigenvalue weighted by molar-refractivity contribution is -0.130. The van der Waals surface area contributed by atoms with Crippen LogP contribution in [0.5, 0.6) is 0 Å². The Kier molecular flexibility index (Phi) is 6.28. The number of aliphatic hydroxyl groups is 1. The van der Waals surface area contributed by atoms with Gasteiger partial charge in [-0.2, -0.15) is 0 Å². The van der Waals surface area contributed by atoms with Crippen LogP contribution in [0.3, 0.4) is 0 Å². The van der Waals surface area contributed by atoms with Crippen molar-refractivity contribution < 1.29 is 14.7 Å². The summed E-state index contributed by atoms with van der Waals surface area (Å²) in [6.45, 7) is 7.26. The third kappa shape index (κ3) is 5.80. The van der Waals surface area contributed by atoms with Crippen molar-refractivity contribution in [3.8, 4) is 0 Å². The zero-order chi connectivity index (χ0) is 16.0. The normalized spacial score (nSPS) is 14.0. The fourth-order valence-electron chi connectivity index (χ4n) is 2.38. The quantitative estimate of drug-likeness (QED) is 0.748. The van der Waals surface area contributed by atoms with Gasteiger partial charge in [-0.15, -0.1) is 0 Å². The number of carbonyl (C=O) groups excluding carboxylic acids is 2. The average Bonchev–Trinajstić information content (AvgIpc) is 2.36. The standard InChI is InChI=1S/C18H26O3/c1-13(2)18(21,12-17(20)11-15(4)19)10-9-16-7-5-14(3)6-8-16/h5-8,13,21H,9-12H2,1-4H3/t18-/m0/s1. The zero-order valence-electron chi connectivity index (χ0n) is 13.5. The molecule has 116 valence electrons. The van der Waals surface area contributed by atoms with Crippen LogP contribution in [-0.2, 0) is 16.0 Å². The van der Waals surface area contributed by atoms with Gasteiger partial charge in [0.2, 0.25) is 0 Å². The Balaban J connectivity index is 2.69. The van der Waals surface area contributed by atoms with Gasteiger partial charge < -0.3 is 5.11 Å². The number of aryl methyl sites for hydroxylation is 2. The van der Waals surface area contributed by atoms with Gasteiger partial charge in [0.15, 0.2) is 0 Å². The van der Waals surface area contributed by atoms with Crippen LogP contribution >= 0.6 is 0 Å². The summed E-state index contributed by atoms with van der Waals surface area (Å²) in [7, 11) is 0. The molecular formula is C18H26O3. The summed E-state index contributed by atoms with van der Waals surface area (Å²) in [5.41, 5.74) is 1.31. The minimum absolute atomic E-state index is 0.0288. The molecule has 0 aliphatic carbocycles. The van der Waals surface area contributed by atoms with E-state index in [0.717, 1.165) is 12.0 Å². The number of rotatable bonds is 8. The van der Waals surface area contributed by atoms with Crippen molar-refractivity contribution in [1.82, 2.24) is 0 Å². The van der Waals surface area contributed by atoms with Gasteiger partial charge in [0.25, 0.3) is 0 Å². The molecule has 3 nitrogen and oxygen atoms in total. The average molecular weight is 290 g/mol. The van der Waals surface area contributed by atoms with E-state index in [9.17, 15) is 14.7 Å². The molecule has 0 aliphatic rings. The number of hydrogen-bond donors (Lipinski definition) is 1. The number of ketones is 2. The van der Waals surface area contributed by atoms with Crippen LogP contribution in [0.25, 0.3) is 0 Å². The van der Waals surface area contributed by atoms with E-state index in [4.69, 9.17) is 0 Å². The fraction of sp³-hybridized carbons (Fsp3) is 0.556. The first kappa shape index (κ1) is 17.6. The summed E-state index contributed by atoms with van der Waals surface area (Å²) >= 11 is 0. The van der Waals surface area contributed by atoms with E-state index in [2.05, 4.69) is 0 Å². The highest BCUT2D eigenvalue weighted by atomic mass is 16.3. The molecule has 1 aromatic rings. The predicted molar refractivity (Wildman–Crippen MR) is 84.2 cm³/mol. The van der Waals surface area contributed by atoms with Gasteiger partial charge in [-0.3, -0.25) is 9.59 Å². The van der Waals surface area contributed by atoms with E-state index in [1.807, 2.05) is 45.0 Å². The summed E-state index contributed by atoms with van der Waals surface area (Å²) < 4.78 is 0. The Hall–Kier alpha value is -1.48. The smallest absolute Gasteiger partial charge is 0.143 e. The van der Waals surface area contributed by atoms with Crippen LogP contribution < -0.4 is 0 Å². The first-order chi connectivity index (χ1) is 9.73. The maximum absolute atomic E-state index is 11.8. The first-order valence-electron chi connectivity index (χ1n) is 7.52. The van der Waals surface area contributed by atoms with Gasteiger partial charge in [0, 0.05) is 6.42 Å². The van der Waals surface area contributed by atoms with Crippen LogP contribution in [0.4, 0.5) is 0 Å². The Labute approximate surface area is 127 Å². The maximum atomic E-state index is 11.8. The third-order valence-corrected chi connectivity index (χ3v) is 3.99. The molecule has 21 heavy (non-hydrogen) atoms. The van der Waals surface area contributed by atoms with Crippen LogP contribution in [0.1, 0.15) is 51.2 Å². The van der Waals surface area contributed by atoms with E-state index >= 15 is 0 Å². The van der Waals surface area contributed by atoms with Crippen LogP contribution in [0.2, 0.25) is 0 Å². The van der Waals surface area contributed by atoms with Gasteiger partial charge in [0.1, 0.15) is 11.6 Å². The van der Waals surface area contributed by atoms with E-state index in [0.29, 0.717) is 6.42 Å². The summed E-state index contributed by atoms with van der Waals surface area (Å²) in [6, 6.07) is 8.19. The van der Waals surface area contributed by atoms with Crippen molar-refractivity contribution in [2.45, 2.75) is 59.0 Å². The van der Waals surface area contributed by atoms with Crippen LogP contribution in [-0.4, -0.2) is 22.3 Å². The van der Waals surface area contributed by atoms with Crippen LogP contribution in [0, 0.1) is 12.8 Å².